The van der Waals surface area contributed by atoms with Crippen molar-refractivity contribution >= 4 is 0 Å². The van der Waals surface area contributed by atoms with Gasteiger partial charge in [-0.2, -0.15) is 0 Å². The van der Waals surface area contributed by atoms with E-state index in [1.54, 1.807) is 0 Å². The summed E-state index contributed by atoms with van der Waals surface area (Å²) in [4.78, 5) is 0. The average molecular weight is 280 g/mol. The van der Waals surface area contributed by atoms with Crippen molar-refractivity contribution in [1.82, 2.24) is 0 Å². The second kappa shape index (κ2) is 6.91. The number of rotatable bonds is 5. The first kappa shape index (κ1) is 17.5. The summed E-state index contributed by atoms with van der Waals surface area (Å²) in [5, 5.41) is 0. The molecule has 0 bridgehead atoms. The summed E-state index contributed by atoms with van der Waals surface area (Å²) < 4.78 is 14.2. The molecule has 4 atom stereocenters. The van der Waals surface area contributed by atoms with Gasteiger partial charge < -0.3 is 0 Å². The van der Waals surface area contributed by atoms with Crippen LogP contribution in [0.15, 0.2) is 23.3 Å². The Kier molecular flexibility index (Phi) is 6.04. The number of halogens is 1. The molecule has 0 N–H and O–H groups in total. The van der Waals surface area contributed by atoms with E-state index >= 15 is 0 Å². The van der Waals surface area contributed by atoms with Crippen molar-refractivity contribution in [3.8, 4) is 0 Å². The summed E-state index contributed by atoms with van der Waals surface area (Å²) in [5.41, 5.74) is 2.89. The second-order valence-electron chi connectivity index (χ2n) is 7.40. The van der Waals surface area contributed by atoms with Crippen LogP contribution in [-0.4, -0.2) is 6.17 Å². The van der Waals surface area contributed by atoms with Crippen molar-refractivity contribution in [1.29, 1.82) is 0 Å². The number of hydrogen-bond acceptors (Lipinski definition) is 0. The van der Waals surface area contributed by atoms with Gasteiger partial charge in [0.25, 0.3) is 0 Å². The SMILES string of the molecule is CC/C(C)=C/CCC(C)(C)C1=CC(F)C(C)C(C)C1C. The lowest BCUT2D eigenvalue weighted by Crippen LogP contribution is -2.35. The van der Waals surface area contributed by atoms with Crippen LogP contribution in [0.5, 0.6) is 0 Å². The maximum Gasteiger partial charge on any atom is 0.121 e. The predicted molar refractivity (Wildman–Crippen MR) is 87.5 cm³/mol. The molecule has 0 aromatic heterocycles. The molecular weight excluding hydrogens is 247 g/mol. The molecule has 0 nitrogen and oxygen atoms in total. The molecule has 0 aliphatic heterocycles. The van der Waals surface area contributed by atoms with E-state index in [0.29, 0.717) is 11.8 Å². The Hall–Kier alpha value is -0.590. The number of hydrogen-bond donors (Lipinski definition) is 0. The zero-order valence-corrected chi connectivity index (χ0v) is 14.5. The van der Waals surface area contributed by atoms with Crippen molar-refractivity contribution in [3.63, 3.8) is 0 Å². The molecule has 20 heavy (non-hydrogen) atoms. The highest BCUT2D eigenvalue weighted by Crippen LogP contribution is 2.45. The van der Waals surface area contributed by atoms with Crippen LogP contribution in [0, 0.1) is 23.2 Å². The average Bonchev–Trinajstić information content (AvgIpc) is 2.39. The zero-order chi connectivity index (χ0) is 15.5. The lowest BCUT2D eigenvalue weighted by atomic mass is 9.64. The number of allylic oxidation sites excluding steroid dienone is 4. The van der Waals surface area contributed by atoms with Crippen molar-refractivity contribution in [2.45, 2.75) is 73.9 Å². The second-order valence-corrected chi connectivity index (χ2v) is 7.40. The fourth-order valence-corrected chi connectivity index (χ4v) is 3.31. The molecular formula is C19H33F. The quantitative estimate of drug-likeness (QED) is 0.516. The fraction of sp³-hybridized carbons (Fsp3) is 0.789. The first-order valence-electron chi connectivity index (χ1n) is 8.22. The van der Waals surface area contributed by atoms with E-state index in [1.165, 1.54) is 11.1 Å². The molecule has 0 spiro atoms. The Morgan fingerprint density at radius 3 is 2.40 bits per heavy atom. The summed E-state index contributed by atoms with van der Waals surface area (Å²) in [5.74, 6) is 1.06. The first-order valence-corrected chi connectivity index (χ1v) is 8.22. The molecule has 0 heterocycles. The molecule has 0 saturated carbocycles. The molecule has 0 aromatic rings. The van der Waals surface area contributed by atoms with Gasteiger partial charge in [-0.3, -0.25) is 0 Å². The monoisotopic (exact) mass is 280 g/mol. The smallest absolute Gasteiger partial charge is 0.121 e. The molecule has 0 amide bonds. The van der Waals surface area contributed by atoms with E-state index in [1.807, 2.05) is 13.0 Å². The van der Waals surface area contributed by atoms with Gasteiger partial charge in [0.1, 0.15) is 6.17 Å². The molecule has 0 aromatic carbocycles. The molecule has 1 aliphatic carbocycles. The van der Waals surface area contributed by atoms with Crippen molar-refractivity contribution in [2.24, 2.45) is 23.2 Å². The van der Waals surface area contributed by atoms with Crippen LogP contribution in [0.4, 0.5) is 4.39 Å². The maximum absolute atomic E-state index is 14.2. The van der Waals surface area contributed by atoms with Gasteiger partial charge in [-0.25, -0.2) is 4.39 Å². The Morgan fingerprint density at radius 1 is 1.25 bits per heavy atom. The van der Waals surface area contributed by atoms with Gasteiger partial charge in [-0.1, -0.05) is 64.8 Å². The lowest BCUT2D eigenvalue weighted by Gasteiger charge is -2.41. The summed E-state index contributed by atoms with van der Waals surface area (Å²) in [6, 6.07) is 0. The van der Waals surface area contributed by atoms with Gasteiger partial charge in [0.2, 0.25) is 0 Å². The van der Waals surface area contributed by atoms with Crippen molar-refractivity contribution in [3.05, 3.63) is 23.3 Å². The zero-order valence-electron chi connectivity index (χ0n) is 14.5. The fourth-order valence-electron chi connectivity index (χ4n) is 3.31. The molecule has 1 aliphatic rings. The van der Waals surface area contributed by atoms with Crippen LogP contribution in [-0.2, 0) is 0 Å². The van der Waals surface area contributed by atoms with Gasteiger partial charge in [0.05, 0.1) is 0 Å². The Balaban J connectivity index is 2.83. The third-order valence-electron chi connectivity index (χ3n) is 5.55. The van der Waals surface area contributed by atoms with Crippen molar-refractivity contribution in [2.75, 3.05) is 0 Å². The lowest BCUT2D eigenvalue weighted by molar-refractivity contribution is 0.158. The minimum atomic E-state index is -0.775. The standard InChI is InChI=1S/C19H33F/c1-8-13(2)10-9-11-19(6,7)17-12-18(20)16(5)14(3)15(17)4/h10,12,14-16,18H,8-9,11H2,1-7H3/b13-10+. The topological polar surface area (TPSA) is 0 Å². The van der Waals surface area contributed by atoms with E-state index < -0.39 is 6.17 Å². The highest BCUT2D eigenvalue weighted by Gasteiger charge is 2.38. The molecule has 0 fully saturated rings. The van der Waals surface area contributed by atoms with Gasteiger partial charge in [0.15, 0.2) is 0 Å². The van der Waals surface area contributed by atoms with Crippen LogP contribution in [0.3, 0.4) is 0 Å². The molecule has 4 unspecified atom stereocenters. The minimum Gasteiger partial charge on any atom is -0.243 e. The summed E-state index contributed by atoms with van der Waals surface area (Å²) in [6.45, 7) is 15.5. The normalized spacial score (nSPS) is 32.2. The molecule has 1 rings (SSSR count). The molecule has 1 heteroatoms. The Labute approximate surface area is 125 Å². The highest BCUT2D eigenvalue weighted by molar-refractivity contribution is 5.22. The maximum atomic E-state index is 14.2. The third-order valence-corrected chi connectivity index (χ3v) is 5.55. The van der Waals surface area contributed by atoms with Gasteiger partial charge in [0, 0.05) is 0 Å². The third kappa shape index (κ3) is 3.96. The predicted octanol–water partition coefficient (Wildman–Crippen LogP) is 6.34. The highest BCUT2D eigenvalue weighted by atomic mass is 19.1. The molecule has 0 saturated heterocycles. The molecule has 0 radical (unpaired) electrons. The van der Waals surface area contributed by atoms with E-state index in [9.17, 15) is 4.39 Å². The summed E-state index contributed by atoms with van der Waals surface area (Å²) in [7, 11) is 0. The molecule has 116 valence electrons. The Morgan fingerprint density at radius 2 is 1.85 bits per heavy atom. The summed E-state index contributed by atoms with van der Waals surface area (Å²) in [6.07, 6.45) is 6.82. The van der Waals surface area contributed by atoms with Gasteiger partial charge in [-0.05, 0) is 49.4 Å². The van der Waals surface area contributed by atoms with Crippen molar-refractivity contribution < 1.29 is 4.39 Å². The van der Waals surface area contributed by atoms with E-state index in [4.69, 9.17) is 0 Å². The van der Waals surface area contributed by atoms with Crippen LogP contribution in [0.25, 0.3) is 0 Å². The van der Waals surface area contributed by atoms with Gasteiger partial charge in [-0.15, -0.1) is 0 Å². The van der Waals surface area contributed by atoms with Crippen LogP contribution in [0.2, 0.25) is 0 Å². The van der Waals surface area contributed by atoms with E-state index in [-0.39, 0.29) is 11.3 Å². The van der Waals surface area contributed by atoms with E-state index in [2.05, 4.69) is 47.6 Å². The Bertz CT molecular complexity index is 375. The largest absolute Gasteiger partial charge is 0.243 e. The summed E-state index contributed by atoms with van der Waals surface area (Å²) >= 11 is 0. The van der Waals surface area contributed by atoms with Crippen LogP contribution in [0.1, 0.15) is 67.7 Å². The minimum absolute atomic E-state index is 0.0999. The van der Waals surface area contributed by atoms with Crippen LogP contribution >= 0.6 is 0 Å². The van der Waals surface area contributed by atoms with Gasteiger partial charge >= 0.3 is 0 Å². The van der Waals surface area contributed by atoms with E-state index in [0.717, 1.165) is 19.3 Å². The number of alkyl halides is 1. The first-order chi connectivity index (χ1) is 9.20. The van der Waals surface area contributed by atoms with Crippen LogP contribution < -0.4 is 0 Å².